The number of nitriles is 1. The summed E-state index contributed by atoms with van der Waals surface area (Å²) in [6.07, 6.45) is -4.31. The zero-order valence-corrected chi connectivity index (χ0v) is 19.1. The zero-order valence-electron chi connectivity index (χ0n) is 19.1. The van der Waals surface area contributed by atoms with E-state index in [0.717, 1.165) is 35.1 Å². The summed E-state index contributed by atoms with van der Waals surface area (Å²) in [5.74, 6) is -1.56. The lowest BCUT2D eigenvalue weighted by atomic mass is 9.88. The molecule has 36 heavy (non-hydrogen) atoms. The number of nitrogens with one attached hydrogen (secondary N) is 1. The van der Waals surface area contributed by atoms with E-state index >= 15 is 0 Å². The van der Waals surface area contributed by atoms with Crippen LogP contribution in [0, 0.1) is 16.7 Å². The molecule has 2 aromatic rings. The number of nitrogens with zero attached hydrogens (tertiary/aromatic N) is 3. The predicted octanol–water partition coefficient (Wildman–Crippen LogP) is 3.64. The summed E-state index contributed by atoms with van der Waals surface area (Å²) < 4.78 is 45.0. The highest BCUT2D eigenvalue weighted by atomic mass is 19.4. The van der Waals surface area contributed by atoms with Gasteiger partial charge >= 0.3 is 18.2 Å². The van der Waals surface area contributed by atoms with Gasteiger partial charge in [-0.3, -0.25) is 15.2 Å². The van der Waals surface area contributed by atoms with Crippen molar-refractivity contribution in [3.63, 3.8) is 0 Å². The van der Waals surface area contributed by atoms with Crippen molar-refractivity contribution in [1.82, 2.24) is 4.90 Å². The van der Waals surface area contributed by atoms with Crippen LogP contribution in [0.4, 0.5) is 23.7 Å². The molecule has 3 N–H and O–H groups in total. The Labute approximate surface area is 203 Å². The van der Waals surface area contributed by atoms with Crippen molar-refractivity contribution in [3.05, 3.63) is 76.0 Å². The van der Waals surface area contributed by atoms with Crippen LogP contribution < -0.4 is 10.6 Å². The summed E-state index contributed by atoms with van der Waals surface area (Å²) in [5, 5.41) is 18.0. The number of rotatable bonds is 5. The molecule has 1 heterocycles. The molecule has 3 rings (SSSR count). The van der Waals surface area contributed by atoms with Crippen LogP contribution in [0.15, 0.2) is 53.7 Å². The number of hydrogen-bond donors (Lipinski definition) is 2. The third-order valence-electron chi connectivity index (χ3n) is 5.64. The lowest BCUT2D eigenvalue weighted by Gasteiger charge is -2.43. The number of anilines is 1. The molecule has 0 aromatic heterocycles. The molecule has 9 nitrogen and oxygen atoms in total. The second kappa shape index (κ2) is 9.91. The largest absolute Gasteiger partial charge is 0.466 e. The van der Waals surface area contributed by atoms with Gasteiger partial charge in [0.2, 0.25) is 5.96 Å². The van der Waals surface area contributed by atoms with E-state index in [1.807, 2.05) is 6.07 Å². The topological polar surface area (TPSA) is 141 Å². The fourth-order valence-corrected chi connectivity index (χ4v) is 4.08. The molecule has 0 saturated heterocycles. The lowest BCUT2D eigenvalue weighted by molar-refractivity contribution is -0.138. The molecule has 1 atom stereocenters. The first kappa shape index (κ1) is 26.0. The zero-order chi connectivity index (χ0) is 26.8. The summed E-state index contributed by atoms with van der Waals surface area (Å²) in [4.78, 5) is 38.6. The number of allylic oxidation sites excluding steroid dienone is 1. The second-order valence-corrected chi connectivity index (χ2v) is 7.70. The van der Waals surface area contributed by atoms with Crippen LogP contribution in [0.5, 0.6) is 0 Å². The van der Waals surface area contributed by atoms with E-state index in [9.17, 15) is 32.8 Å². The first-order valence-electron chi connectivity index (χ1n) is 10.4. The van der Waals surface area contributed by atoms with E-state index in [-0.39, 0.29) is 40.1 Å². The van der Waals surface area contributed by atoms with Crippen LogP contribution in [0.2, 0.25) is 0 Å². The number of aldehydes is 1. The number of urea groups is 1. The van der Waals surface area contributed by atoms with Crippen molar-refractivity contribution in [1.29, 1.82) is 10.7 Å². The molecule has 0 saturated carbocycles. The monoisotopic (exact) mass is 499 g/mol. The molecule has 0 radical (unpaired) electrons. The number of carbonyl (C=O) groups is 3. The lowest BCUT2D eigenvalue weighted by Crippen LogP contribution is -2.55. The van der Waals surface area contributed by atoms with Crippen molar-refractivity contribution in [2.24, 2.45) is 5.73 Å². The molecule has 2 aromatic carbocycles. The number of halogens is 3. The Kier molecular flexibility index (Phi) is 7.14. The Morgan fingerprint density at radius 1 is 1.25 bits per heavy atom. The van der Waals surface area contributed by atoms with E-state index in [4.69, 9.17) is 15.9 Å². The molecule has 0 aliphatic carbocycles. The van der Waals surface area contributed by atoms with Gasteiger partial charge in [0.1, 0.15) is 12.3 Å². The highest BCUT2D eigenvalue weighted by Gasteiger charge is 2.44. The number of alkyl halides is 3. The molecule has 2 amide bonds. The normalized spacial score (nSPS) is 16.0. The highest BCUT2D eigenvalue weighted by molar-refractivity contribution is 6.10. The minimum Gasteiger partial charge on any atom is -0.466 e. The maximum absolute atomic E-state index is 13.4. The van der Waals surface area contributed by atoms with E-state index in [1.165, 1.54) is 31.2 Å². The molecule has 1 aliphatic heterocycles. The fraction of sp³-hybridized carbons (Fsp3) is 0.208. The quantitative estimate of drug-likeness (QED) is 0.475. The number of primary amides is 1. The van der Waals surface area contributed by atoms with Crippen molar-refractivity contribution in [2.75, 3.05) is 12.0 Å². The number of carbonyl (C=O) groups excluding carboxylic acids is 3. The Morgan fingerprint density at radius 3 is 2.50 bits per heavy atom. The molecule has 0 unspecified atom stereocenters. The van der Waals surface area contributed by atoms with Crippen molar-refractivity contribution < 1.29 is 32.3 Å². The second-order valence-electron chi connectivity index (χ2n) is 7.70. The number of benzene rings is 2. The number of esters is 1. The number of ether oxygens (including phenoxy) is 1. The molecule has 12 heteroatoms. The van der Waals surface area contributed by atoms with Crippen LogP contribution >= 0.6 is 0 Å². The third kappa shape index (κ3) is 4.63. The van der Waals surface area contributed by atoms with Crippen molar-refractivity contribution >= 4 is 29.9 Å². The van der Waals surface area contributed by atoms with Gasteiger partial charge in [-0.2, -0.15) is 18.4 Å². The first-order chi connectivity index (χ1) is 17.0. The van der Waals surface area contributed by atoms with Crippen molar-refractivity contribution in [2.45, 2.75) is 25.6 Å². The molecular weight excluding hydrogens is 479 g/mol. The molecule has 0 bridgehead atoms. The third-order valence-corrected chi connectivity index (χ3v) is 5.64. The maximum Gasteiger partial charge on any atom is 0.416 e. The van der Waals surface area contributed by atoms with Gasteiger partial charge in [-0.1, -0.05) is 12.1 Å². The molecule has 0 fully saturated rings. The standard InChI is InChI=1S/C24H20F3N5O4/c1-13-19(21(34)36-2)20(18-7-6-14(12-28)10-15(18)8-9-33)32(23(30)35)22(29)31(13)17-5-3-4-16(11-17)24(25,26)27/h3-7,9-11,20,29H,8H2,1-2H3,(H2,30,35)/t20-/m1/s1. The van der Waals surface area contributed by atoms with Gasteiger partial charge in [0, 0.05) is 17.8 Å². The minimum absolute atomic E-state index is 0.00934. The SMILES string of the molecule is COC(=O)C1=C(C)N(c2cccc(C(F)(F)F)c2)C(=N)N(C(N)=O)[C@@H]1c1ccc(C#N)cc1CC=O. The summed E-state index contributed by atoms with van der Waals surface area (Å²) >= 11 is 0. The van der Waals surface area contributed by atoms with Gasteiger partial charge < -0.3 is 15.3 Å². The van der Waals surface area contributed by atoms with Crippen LogP contribution in [-0.2, 0) is 26.9 Å². The number of amides is 2. The van der Waals surface area contributed by atoms with Gasteiger partial charge in [0.05, 0.1) is 29.9 Å². The fourth-order valence-electron chi connectivity index (χ4n) is 4.08. The first-order valence-corrected chi connectivity index (χ1v) is 10.4. The van der Waals surface area contributed by atoms with Crippen LogP contribution in [0.25, 0.3) is 0 Å². The number of nitrogens with two attached hydrogens (primary N) is 1. The maximum atomic E-state index is 13.4. The average Bonchev–Trinajstić information content (AvgIpc) is 2.83. The minimum atomic E-state index is -4.69. The Morgan fingerprint density at radius 2 is 1.94 bits per heavy atom. The Balaban J connectivity index is 2.36. The molecule has 0 spiro atoms. The Hall–Kier alpha value is -4.66. The average molecular weight is 499 g/mol. The van der Waals surface area contributed by atoms with Gasteiger partial charge in [-0.15, -0.1) is 0 Å². The summed E-state index contributed by atoms with van der Waals surface area (Å²) in [5.41, 5.74) is 4.97. The van der Waals surface area contributed by atoms with Gasteiger partial charge in [-0.05, 0) is 48.4 Å². The Bertz CT molecular complexity index is 1330. The smallest absolute Gasteiger partial charge is 0.416 e. The summed E-state index contributed by atoms with van der Waals surface area (Å²) in [6, 6.07) is 7.62. The summed E-state index contributed by atoms with van der Waals surface area (Å²) in [7, 11) is 1.08. The predicted molar refractivity (Wildman–Crippen MR) is 121 cm³/mol. The van der Waals surface area contributed by atoms with E-state index in [0.29, 0.717) is 6.29 Å². The summed E-state index contributed by atoms with van der Waals surface area (Å²) in [6.45, 7) is 1.38. The van der Waals surface area contributed by atoms with Crippen LogP contribution in [-0.4, -0.2) is 36.3 Å². The highest BCUT2D eigenvalue weighted by Crippen LogP contribution is 2.42. The van der Waals surface area contributed by atoms with Crippen LogP contribution in [0.1, 0.15) is 35.2 Å². The number of hydrogen-bond acceptors (Lipinski definition) is 6. The molecule has 1 aliphatic rings. The van der Waals surface area contributed by atoms with Gasteiger partial charge in [-0.25, -0.2) is 9.59 Å². The number of methoxy groups -OCH3 is 1. The van der Waals surface area contributed by atoms with Crippen LogP contribution in [0.3, 0.4) is 0 Å². The van der Waals surface area contributed by atoms with Gasteiger partial charge in [0.25, 0.3) is 0 Å². The number of guanidine groups is 1. The molecule has 186 valence electrons. The molecular formula is C24H20F3N5O4. The van der Waals surface area contributed by atoms with Crippen molar-refractivity contribution in [3.8, 4) is 6.07 Å². The van der Waals surface area contributed by atoms with E-state index in [1.54, 1.807) is 0 Å². The van der Waals surface area contributed by atoms with E-state index < -0.39 is 35.7 Å². The van der Waals surface area contributed by atoms with E-state index in [2.05, 4.69) is 0 Å². The van der Waals surface area contributed by atoms with Gasteiger partial charge in [0.15, 0.2) is 0 Å².